The summed E-state index contributed by atoms with van der Waals surface area (Å²) in [4.78, 5) is 23.8. The molecule has 0 saturated carbocycles. The highest BCUT2D eigenvalue weighted by Crippen LogP contribution is 2.12. The Labute approximate surface area is 147 Å². The van der Waals surface area contributed by atoms with E-state index in [0.717, 1.165) is 16.8 Å². The second-order valence-corrected chi connectivity index (χ2v) is 6.60. The van der Waals surface area contributed by atoms with Crippen molar-refractivity contribution in [1.82, 2.24) is 5.32 Å². The Morgan fingerprint density at radius 2 is 1.71 bits per heavy atom. The highest BCUT2D eigenvalue weighted by Gasteiger charge is 2.10. The van der Waals surface area contributed by atoms with Crippen LogP contribution in [0.25, 0.3) is 0 Å². The second kappa shape index (κ2) is 9.13. The van der Waals surface area contributed by atoms with Gasteiger partial charge >= 0.3 is 0 Å². The number of thioether (sulfide) groups is 1. The average molecular weight is 342 g/mol. The molecule has 0 bridgehead atoms. The number of nitrogens with one attached hydrogen (secondary N) is 2. The van der Waals surface area contributed by atoms with Crippen molar-refractivity contribution in [3.63, 3.8) is 0 Å². The molecule has 2 aromatic carbocycles. The summed E-state index contributed by atoms with van der Waals surface area (Å²) in [5.41, 5.74) is 2.94. The summed E-state index contributed by atoms with van der Waals surface area (Å²) < 4.78 is 0. The van der Waals surface area contributed by atoms with Crippen molar-refractivity contribution in [2.45, 2.75) is 19.9 Å². The van der Waals surface area contributed by atoms with Crippen LogP contribution in [0.3, 0.4) is 0 Å². The Morgan fingerprint density at radius 3 is 2.42 bits per heavy atom. The van der Waals surface area contributed by atoms with Gasteiger partial charge < -0.3 is 10.6 Å². The number of carbonyl (C=O) groups excluding carboxylic acids is 2. The van der Waals surface area contributed by atoms with Crippen LogP contribution in [0.15, 0.2) is 54.6 Å². The maximum atomic E-state index is 11.9. The maximum Gasteiger partial charge on any atom is 0.234 e. The zero-order chi connectivity index (χ0) is 17.4. The summed E-state index contributed by atoms with van der Waals surface area (Å²) in [7, 11) is 0. The van der Waals surface area contributed by atoms with Crippen molar-refractivity contribution < 1.29 is 9.59 Å². The highest BCUT2D eigenvalue weighted by molar-refractivity contribution is 8.00. The van der Waals surface area contributed by atoms with Crippen LogP contribution in [0.4, 0.5) is 5.69 Å². The molecular weight excluding hydrogens is 320 g/mol. The molecule has 0 radical (unpaired) electrons. The number of amides is 2. The molecule has 0 fully saturated rings. The Kier molecular flexibility index (Phi) is 6.88. The van der Waals surface area contributed by atoms with E-state index in [1.807, 2.05) is 68.4 Å². The van der Waals surface area contributed by atoms with E-state index in [1.54, 1.807) is 0 Å². The van der Waals surface area contributed by atoms with Crippen molar-refractivity contribution in [3.05, 3.63) is 65.7 Å². The number of aryl methyl sites for hydroxylation is 1. The number of hydrogen-bond donors (Lipinski definition) is 2. The Balaban J connectivity index is 1.69. The standard InChI is InChI=1S/C19H22N2O2S/c1-14-7-6-10-17(11-14)21-19(23)13-24-12-18(22)20-15(2)16-8-4-3-5-9-16/h3-11,15H,12-13H2,1-2H3,(H,20,22)(H,21,23). The monoisotopic (exact) mass is 342 g/mol. The average Bonchev–Trinajstić information content (AvgIpc) is 2.55. The molecule has 5 heteroatoms. The fourth-order valence-corrected chi connectivity index (χ4v) is 2.89. The first-order valence-corrected chi connectivity index (χ1v) is 8.98. The first-order chi connectivity index (χ1) is 11.5. The lowest BCUT2D eigenvalue weighted by Gasteiger charge is -2.14. The van der Waals surface area contributed by atoms with Gasteiger partial charge in [0, 0.05) is 5.69 Å². The first kappa shape index (κ1) is 18.1. The van der Waals surface area contributed by atoms with Crippen molar-refractivity contribution in [1.29, 1.82) is 0 Å². The molecule has 2 aromatic rings. The molecule has 0 aliphatic rings. The van der Waals surface area contributed by atoms with Crippen molar-refractivity contribution in [2.75, 3.05) is 16.8 Å². The molecule has 0 spiro atoms. The molecule has 1 atom stereocenters. The van der Waals surface area contributed by atoms with E-state index < -0.39 is 0 Å². The maximum absolute atomic E-state index is 11.9. The first-order valence-electron chi connectivity index (χ1n) is 7.83. The third-order valence-corrected chi connectivity index (χ3v) is 4.38. The Hall–Kier alpha value is -2.27. The van der Waals surface area contributed by atoms with Gasteiger partial charge in [-0.3, -0.25) is 9.59 Å². The molecule has 2 rings (SSSR count). The summed E-state index contributed by atoms with van der Waals surface area (Å²) in [5, 5.41) is 5.77. The SMILES string of the molecule is Cc1cccc(NC(=O)CSCC(=O)NC(C)c2ccccc2)c1. The molecule has 0 heterocycles. The molecule has 2 amide bonds. The fraction of sp³-hybridized carbons (Fsp3) is 0.263. The van der Waals surface area contributed by atoms with E-state index in [0.29, 0.717) is 0 Å². The Bertz CT molecular complexity index is 689. The van der Waals surface area contributed by atoms with Gasteiger partial charge in [-0.25, -0.2) is 0 Å². The minimum Gasteiger partial charge on any atom is -0.349 e. The van der Waals surface area contributed by atoms with E-state index >= 15 is 0 Å². The zero-order valence-electron chi connectivity index (χ0n) is 13.9. The van der Waals surface area contributed by atoms with Gasteiger partial charge in [0.2, 0.25) is 11.8 Å². The van der Waals surface area contributed by atoms with Crippen molar-refractivity contribution in [3.8, 4) is 0 Å². The number of rotatable bonds is 7. The zero-order valence-corrected chi connectivity index (χ0v) is 14.7. The van der Waals surface area contributed by atoms with Crippen molar-refractivity contribution >= 4 is 29.3 Å². The number of benzene rings is 2. The van der Waals surface area contributed by atoms with Crippen LogP contribution >= 0.6 is 11.8 Å². The van der Waals surface area contributed by atoms with Crippen LogP contribution in [-0.2, 0) is 9.59 Å². The molecular formula is C19H22N2O2S. The molecule has 0 aliphatic carbocycles. The smallest absolute Gasteiger partial charge is 0.234 e. The van der Waals surface area contributed by atoms with Gasteiger partial charge in [-0.1, -0.05) is 42.5 Å². The van der Waals surface area contributed by atoms with Gasteiger partial charge in [-0.15, -0.1) is 11.8 Å². The molecule has 2 N–H and O–H groups in total. The lowest BCUT2D eigenvalue weighted by Crippen LogP contribution is -2.28. The van der Waals surface area contributed by atoms with Crippen LogP contribution in [0.1, 0.15) is 24.1 Å². The molecule has 4 nitrogen and oxygen atoms in total. The van der Waals surface area contributed by atoms with Gasteiger partial charge in [0.15, 0.2) is 0 Å². The van der Waals surface area contributed by atoms with Crippen LogP contribution in [0.5, 0.6) is 0 Å². The summed E-state index contributed by atoms with van der Waals surface area (Å²) in [6, 6.07) is 17.4. The van der Waals surface area contributed by atoms with Gasteiger partial charge in [-0.2, -0.15) is 0 Å². The third kappa shape index (κ3) is 6.08. The largest absolute Gasteiger partial charge is 0.349 e. The number of carbonyl (C=O) groups is 2. The van der Waals surface area contributed by atoms with Crippen LogP contribution in [-0.4, -0.2) is 23.3 Å². The van der Waals surface area contributed by atoms with Crippen LogP contribution < -0.4 is 10.6 Å². The Morgan fingerprint density at radius 1 is 1.00 bits per heavy atom. The van der Waals surface area contributed by atoms with Crippen molar-refractivity contribution in [2.24, 2.45) is 0 Å². The molecule has 0 aromatic heterocycles. The number of hydrogen-bond acceptors (Lipinski definition) is 3. The van der Waals surface area contributed by atoms with Crippen LogP contribution in [0, 0.1) is 6.92 Å². The molecule has 1 unspecified atom stereocenters. The van der Waals surface area contributed by atoms with E-state index in [9.17, 15) is 9.59 Å². The number of anilines is 1. The lowest BCUT2D eigenvalue weighted by atomic mass is 10.1. The minimum atomic E-state index is -0.102. The van der Waals surface area contributed by atoms with E-state index in [2.05, 4.69) is 10.6 Å². The summed E-state index contributed by atoms with van der Waals surface area (Å²) in [6.45, 7) is 3.92. The van der Waals surface area contributed by atoms with E-state index in [1.165, 1.54) is 11.8 Å². The third-order valence-electron chi connectivity index (χ3n) is 3.45. The second-order valence-electron chi connectivity index (χ2n) is 5.61. The van der Waals surface area contributed by atoms with Gasteiger partial charge in [0.1, 0.15) is 0 Å². The predicted molar refractivity (Wildman–Crippen MR) is 100 cm³/mol. The van der Waals surface area contributed by atoms with E-state index in [-0.39, 0.29) is 29.4 Å². The quantitative estimate of drug-likeness (QED) is 0.809. The lowest BCUT2D eigenvalue weighted by molar-refractivity contribution is -0.119. The van der Waals surface area contributed by atoms with Gasteiger partial charge in [0.05, 0.1) is 17.5 Å². The fourth-order valence-electron chi connectivity index (χ4n) is 2.26. The summed E-state index contributed by atoms with van der Waals surface area (Å²) in [6.07, 6.45) is 0. The molecule has 0 aliphatic heterocycles. The van der Waals surface area contributed by atoms with Gasteiger partial charge in [-0.05, 0) is 37.1 Å². The molecule has 24 heavy (non-hydrogen) atoms. The topological polar surface area (TPSA) is 58.2 Å². The molecule has 0 saturated heterocycles. The highest BCUT2D eigenvalue weighted by atomic mass is 32.2. The molecule has 126 valence electrons. The normalized spacial score (nSPS) is 11.6. The van der Waals surface area contributed by atoms with E-state index in [4.69, 9.17) is 0 Å². The summed E-state index contributed by atoms with van der Waals surface area (Å²) in [5.74, 6) is 0.341. The minimum absolute atomic E-state index is 0.0413. The van der Waals surface area contributed by atoms with Gasteiger partial charge in [0.25, 0.3) is 0 Å². The summed E-state index contributed by atoms with van der Waals surface area (Å²) >= 11 is 1.31. The van der Waals surface area contributed by atoms with Crippen LogP contribution in [0.2, 0.25) is 0 Å². The predicted octanol–water partition coefficient (Wildman–Crippen LogP) is 3.54.